The van der Waals surface area contributed by atoms with Crippen molar-refractivity contribution in [3.8, 4) is 0 Å². The molecule has 0 spiro atoms. The summed E-state index contributed by atoms with van der Waals surface area (Å²) in [5.74, 6) is -0.431. The number of halogens is 4. The second kappa shape index (κ2) is 7.03. The van der Waals surface area contributed by atoms with Gasteiger partial charge in [0.05, 0.1) is 0 Å². The van der Waals surface area contributed by atoms with Gasteiger partial charge in [-0.2, -0.15) is 13.2 Å². The first-order valence-corrected chi connectivity index (χ1v) is 5.06. The van der Waals surface area contributed by atoms with Crippen molar-refractivity contribution in [2.45, 2.75) is 25.1 Å². The van der Waals surface area contributed by atoms with Gasteiger partial charge < -0.3 is 15.4 Å². The van der Waals surface area contributed by atoms with Crippen LogP contribution in [0, 0.1) is 0 Å². The van der Waals surface area contributed by atoms with Gasteiger partial charge in [0.15, 0.2) is 0 Å². The predicted octanol–water partition coefficient (Wildman–Crippen LogP) is 0.937. The molecule has 102 valence electrons. The molecule has 0 saturated carbocycles. The Morgan fingerprint density at radius 1 is 1.47 bits per heavy atom. The number of carbonyl (C=O) groups excluding carboxylic acids is 1. The van der Waals surface area contributed by atoms with Crippen molar-refractivity contribution in [3.63, 3.8) is 0 Å². The minimum atomic E-state index is -4.39. The zero-order chi connectivity index (χ0) is 12.2. The van der Waals surface area contributed by atoms with Gasteiger partial charge in [-0.3, -0.25) is 4.79 Å². The molecule has 0 radical (unpaired) electrons. The smallest absolute Gasteiger partial charge is 0.362 e. The summed E-state index contributed by atoms with van der Waals surface area (Å²) in [7, 11) is 0. The zero-order valence-electron chi connectivity index (χ0n) is 9.20. The Hall–Kier alpha value is -0.530. The van der Waals surface area contributed by atoms with Gasteiger partial charge >= 0.3 is 6.18 Å². The summed E-state index contributed by atoms with van der Waals surface area (Å²) < 4.78 is 39.5. The molecule has 1 fully saturated rings. The minimum Gasteiger partial charge on any atom is -0.362 e. The van der Waals surface area contributed by atoms with Crippen LogP contribution in [0.2, 0.25) is 0 Å². The number of hydrogen-bond acceptors (Lipinski definition) is 3. The van der Waals surface area contributed by atoms with Crippen LogP contribution in [0.4, 0.5) is 13.2 Å². The molecule has 0 aromatic heterocycles. The number of ether oxygens (including phenoxy) is 1. The second-order valence-corrected chi connectivity index (χ2v) is 3.85. The first-order valence-electron chi connectivity index (χ1n) is 5.06. The lowest BCUT2D eigenvalue weighted by atomic mass is 10.1. The highest BCUT2D eigenvalue weighted by Gasteiger charge is 2.28. The van der Waals surface area contributed by atoms with Gasteiger partial charge in [-0.1, -0.05) is 0 Å². The van der Waals surface area contributed by atoms with E-state index in [2.05, 4.69) is 4.74 Å². The maximum atomic E-state index is 11.7. The minimum absolute atomic E-state index is 0. The van der Waals surface area contributed by atoms with E-state index in [0.29, 0.717) is 13.1 Å². The fourth-order valence-electron chi connectivity index (χ4n) is 1.58. The number of likely N-dealkylation sites (tertiary alicyclic amines) is 1. The number of hydrogen-bond donors (Lipinski definition) is 1. The van der Waals surface area contributed by atoms with Crippen molar-refractivity contribution in [1.82, 2.24) is 4.90 Å². The molecule has 0 aromatic carbocycles. The van der Waals surface area contributed by atoms with Crippen molar-refractivity contribution in [2.75, 3.05) is 26.3 Å². The summed E-state index contributed by atoms with van der Waals surface area (Å²) in [5.41, 5.74) is 5.65. The molecule has 2 N–H and O–H groups in total. The van der Waals surface area contributed by atoms with Gasteiger partial charge in [0.2, 0.25) is 5.91 Å². The molecule has 0 aliphatic carbocycles. The van der Waals surface area contributed by atoms with Crippen LogP contribution in [0.25, 0.3) is 0 Å². The molecule has 1 saturated heterocycles. The van der Waals surface area contributed by atoms with Gasteiger partial charge in [-0.15, -0.1) is 12.4 Å². The molecule has 1 unspecified atom stereocenters. The number of nitrogens with zero attached hydrogens (tertiary/aromatic N) is 1. The normalized spacial score (nSPS) is 20.9. The molecule has 0 bridgehead atoms. The zero-order valence-corrected chi connectivity index (χ0v) is 10.0. The predicted molar refractivity (Wildman–Crippen MR) is 57.9 cm³/mol. The number of nitrogens with two attached hydrogens (primary N) is 1. The summed E-state index contributed by atoms with van der Waals surface area (Å²) in [5, 5.41) is 0. The number of carbonyl (C=O) groups is 1. The Balaban J connectivity index is 0.00000256. The molecular weight excluding hydrogens is 261 g/mol. The topological polar surface area (TPSA) is 55.6 Å². The largest absolute Gasteiger partial charge is 0.411 e. The lowest BCUT2D eigenvalue weighted by Crippen LogP contribution is -2.47. The van der Waals surface area contributed by atoms with Crippen molar-refractivity contribution in [2.24, 2.45) is 5.73 Å². The van der Waals surface area contributed by atoms with Crippen LogP contribution in [0.15, 0.2) is 0 Å². The van der Waals surface area contributed by atoms with E-state index >= 15 is 0 Å². The average molecular weight is 277 g/mol. The van der Waals surface area contributed by atoms with Gasteiger partial charge in [0.1, 0.15) is 13.2 Å². The van der Waals surface area contributed by atoms with Crippen molar-refractivity contribution in [3.05, 3.63) is 0 Å². The van der Waals surface area contributed by atoms with Crippen LogP contribution >= 0.6 is 12.4 Å². The van der Waals surface area contributed by atoms with Crippen LogP contribution < -0.4 is 5.73 Å². The number of alkyl halides is 3. The molecule has 1 amide bonds. The number of rotatable bonds is 3. The molecule has 8 heteroatoms. The molecule has 1 rings (SSSR count). The third-order valence-electron chi connectivity index (χ3n) is 2.30. The maximum absolute atomic E-state index is 11.7. The van der Waals surface area contributed by atoms with E-state index in [1.165, 1.54) is 4.90 Å². The van der Waals surface area contributed by atoms with E-state index in [1.807, 2.05) is 0 Å². The highest BCUT2D eigenvalue weighted by molar-refractivity contribution is 5.85. The summed E-state index contributed by atoms with van der Waals surface area (Å²) >= 11 is 0. The van der Waals surface area contributed by atoms with Gasteiger partial charge in [-0.25, -0.2) is 0 Å². The van der Waals surface area contributed by atoms with Crippen LogP contribution in [-0.4, -0.2) is 49.3 Å². The highest BCUT2D eigenvalue weighted by Crippen LogP contribution is 2.14. The Morgan fingerprint density at radius 3 is 2.65 bits per heavy atom. The van der Waals surface area contributed by atoms with Gasteiger partial charge in [0.25, 0.3) is 0 Å². The summed E-state index contributed by atoms with van der Waals surface area (Å²) in [6.45, 7) is -0.985. The van der Waals surface area contributed by atoms with Gasteiger partial charge in [-0.05, 0) is 12.8 Å². The molecule has 1 heterocycles. The molecular formula is C9H16ClF3N2O2. The lowest BCUT2D eigenvalue weighted by molar-refractivity contribution is -0.178. The monoisotopic (exact) mass is 276 g/mol. The van der Waals surface area contributed by atoms with Crippen molar-refractivity contribution >= 4 is 18.3 Å². The Morgan fingerprint density at radius 2 is 2.12 bits per heavy atom. The molecule has 1 aliphatic rings. The van der Waals surface area contributed by atoms with Crippen LogP contribution in [0.3, 0.4) is 0 Å². The Labute approximate surface area is 104 Å². The fraction of sp³-hybridized carbons (Fsp3) is 0.889. The average Bonchev–Trinajstić information content (AvgIpc) is 2.15. The van der Waals surface area contributed by atoms with E-state index in [1.54, 1.807) is 0 Å². The van der Waals surface area contributed by atoms with E-state index < -0.39 is 25.3 Å². The van der Waals surface area contributed by atoms with Gasteiger partial charge in [0, 0.05) is 19.1 Å². The number of amides is 1. The molecule has 0 aromatic rings. The third kappa shape index (κ3) is 6.70. The Bertz CT molecular complexity index is 251. The van der Waals surface area contributed by atoms with E-state index in [4.69, 9.17) is 5.73 Å². The van der Waals surface area contributed by atoms with E-state index in [9.17, 15) is 18.0 Å². The second-order valence-electron chi connectivity index (χ2n) is 3.85. The Kier molecular flexibility index (Phi) is 6.81. The SMILES string of the molecule is Cl.NC1CCCN(C(=O)COCC(F)(F)F)C1. The summed E-state index contributed by atoms with van der Waals surface area (Å²) in [4.78, 5) is 12.9. The number of piperidine rings is 1. The van der Waals surface area contributed by atoms with Crippen molar-refractivity contribution < 1.29 is 22.7 Å². The first kappa shape index (κ1) is 16.5. The molecule has 4 nitrogen and oxygen atoms in total. The van der Waals surface area contributed by atoms with Crippen LogP contribution in [0.5, 0.6) is 0 Å². The van der Waals surface area contributed by atoms with Crippen molar-refractivity contribution in [1.29, 1.82) is 0 Å². The highest BCUT2D eigenvalue weighted by atomic mass is 35.5. The lowest BCUT2D eigenvalue weighted by Gasteiger charge is -2.30. The first-order chi connectivity index (χ1) is 7.38. The standard InChI is InChI=1S/C9H15F3N2O2.ClH/c10-9(11,12)6-16-5-8(15)14-3-1-2-7(13)4-14;/h7H,1-6,13H2;1H. The molecule has 1 atom stereocenters. The van der Waals surface area contributed by atoms with Crippen LogP contribution in [-0.2, 0) is 9.53 Å². The fourth-order valence-corrected chi connectivity index (χ4v) is 1.58. The quantitative estimate of drug-likeness (QED) is 0.835. The van der Waals surface area contributed by atoms with Crippen LogP contribution in [0.1, 0.15) is 12.8 Å². The molecule has 17 heavy (non-hydrogen) atoms. The molecule has 1 aliphatic heterocycles. The third-order valence-corrected chi connectivity index (χ3v) is 2.30. The van der Waals surface area contributed by atoms with E-state index in [0.717, 1.165) is 12.8 Å². The van der Waals surface area contributed by atoms with E-state index in [-0.39, 0.29) is 18.4 Å². The summed E-state index contributed by atoms with van der Waals surface area (Å²) in [6, 6.07) is -0.0830. The maximum Gasteiger partial charge on any atom is 0.411 e. The summed E-state index contributed by atoms with van der Waals surface area (Å²) in [6.07, 6.45) is -2.77.